The molecule has 3 fully saturated rings. The van der Waals surface area contributed by atoms with Crippen LogP contribution in [0.3, 0.4) is 0 Å². The summed E-state index contributed by atoms with van der Waals surface area (Å²) in [5.74, 6) is 0. The predicted molar refractivity (Wildman–Crippen MR) is 344 cm³/mol. The van der Waals surface area contributed by atoms with Crippen LogP contribution in [0.25, 0.3) is 44.5 Å². The van der Waals surface area contributed by atoms with Crippen molar-refractivity contribution in [2.45, 2.75) is 117 Å². The van der Waals surface area contributed by atoms with E-state index >= 15 is 0 Å². The van der Waals surface area contributed by atoms with E-state index in [4.69, 9.17) is 39.5 Å². The third kappa shape index (κ3) is 14.7. The van der Waals surface area contributed by atoms with Crippen molar-refractivity contribution in [3.8, 4) is 44.5 Å². The Hall–Kier alpha value is -3.52. The second-order valence-corrected chi connectivity index (χ2v) is 39.3. The molecule has 0 aromatic heterocycles. The maximum Gasteiger partial charge on any atom is 0.494 e. The molecule has 6 aromatic rings. The zero-order chi connectivity index (χ0) is 59.6. The monoisotopic (exact) mass is 1180 g/mol. The van der Waals surface area contributed by atoms with Gasteiger partial charge in [-0.05, 0) is 235 Å². The van der Waals surface area contributed by atoms with Crippen LogP contribution in [0.1, 0.15) is 83.1 Å². The quantitative estimate of drug-likeness (QED) is 0.0967. The van der Waals surface area contributed by atoms with Crippen molar-refractivity contribution in [1.29, 1.82) is 0 Å². The van der Waals surface area contributed by atoms with E-state index in [1.807, 2.05) is 192 Å². The zero-order valence-corrected chi connectivity index (χ0v) is 55.0. The Balaban J connectivity index is 0.000000183. The topological polar surface area (TPSA) is 124 Å². The molecule has 3 saturated heterocycles. The van der Waals surface area contributed by atoms with Gasteiger partial charge in [-0.2, -0.15) is 0 Å². The minimum atomic E-state index is -2.41. The van der Waals surface area contributed by atoms with E-state index in [0.717, 1.165) is 71.2 Å². The smallest absolute Gasteiger partial charge is 0.405 e. The summed E-state index contributed by atoms with van der Waals surface area (Å²) in [4.78, 5) is 0. The van der Waals surface area contributed by atoms with Gasteiger partial charge in [0.15, 0.2) is 0 Å². The molecule has 0 saturated carbocycles. The van der Waals surface area contributed by atoms with Gasteiger partial charge in [-0.3, -0.25) is 0 Å². The molecule has 80 heavy (non-hydrogen) atoms. The molecule has 9 rings (SSSR count). The highest BCUT2D eigenvalue weighted by atomic mass is 35.5. The van der Waals surface area contributed by atoms with Gasteiger partial charge in [0.25, 0.3) is 0 Å². The SMILES string of the molecule is CC1(C)OB(B2OC(C)(C)C(C)(C)O2)OC1(C)C.CC1(C)OB(c2cc(-c3cccc(P(C)(C)=O)c3)cc(-c3cccc(P(C)(C)=O)c3)c2)OC1(C)C.CP(C)(=O)c1cccc(-c2cc(Cl)cc(-c3cccc(P(C)(C)=O)c3)c2)c1. The van der Waals surface area contributed by atoms with Crippen molar-refractivity contribution < 1.29 is 46.2 Å². The van der Waals surface area contributed by atoms with Crippen LogP contribution in [-0.2, 0) is 46.2 Å². The van der Waals surface area contributed by atoms with E-state index in [1.54, 1.807) is 53.3 Å². The minimum absolute atomic E-state index is 0.360. The Kier molecular flexibility index (Phi) is 18.3. The van der Waals surface area contributed by atoms with E-state index in [-0.39, 0.29) is 22.4 Å². The molecule has 0 radical (unpaired) electrons. The summed E-state index contributed by atoms with van der Waals surface area (Å²) in [5.41, 5.74) is 6.41. The van der Waals surface area contributed by atoms with Gasteiger partial charge in [-0.1, -0.05) is 96.5 Å². The average molecular weight is 1180 g/mol. The van der Waals surface area contributed by atoms with Crippen molar-refractivity contribution in [3.63, 3.8) is 0 Å². The standard InChI is InChI=1S/C28H35BO4P2.C22H23ClO2P2.C12H24B2O4/c1-27(2)28(3,4)33-29(32-27)24-16-22(20-11-9-13-25(18-20)34(5,6)30)15-23(17-24)21-12-10-14-26(19-21)35(7,8)31;1-26(2,24)21-9-5-7-16(14-21)18-11-19(13-20(23)12-18)17-8-6-10-22(15-17)27(3,4)25;1-9(2)10(3,4)16-13(15-9)14-17-11(5,6)12(7,8)18-14/h9-19H,1-8H3;5-15H,1-4H3;1-8H3. The van der Waals surface area contributed by atoms with E-state index < -0.39 is 60.9 Å². The van der Waals surface area contributed by atoms with Gasteiger partial charge in [0.05, 0.1) is 33.6 Å². The van der Waals surface area contributed by atoms with Crippen molar-refractivity contribution in [2.24, 2.45) is 0 Å². The molecular formula is C62H82B3ClO10P4. The van der Waals surface area contributed by atoms with Crippen LogP contribution in [-0.4, -0.2) is 108 Å². The summed E-state index contributed by atoms with van der Waals surface area (Å²) in [5, 5.41) is 4.02. The second kappa shape index (κ2) is 22.8. The van der Waals surface area contributed by atoms with Crippen molar-refractivity contribution in [1.82, 2.24) is 0 Å². The lowest BCUT2D eigenvalue weighted by Gasteiger charge is -2.32. The molecule has 6 aromatic carbocycles. The van der Waals surface area contributed by atoms with E-state index in [2.05, 4.69) is 24.3 Å². The normalized spacial score (nSPS) is 19.0. The number of hydrogen-bond acceptors (Lipinski definition) is 10. The first-order chi connectivity index (χ1) is 36.5. The molecule has 0 spiro atoms. The minimum Gasteiger partial charge on any atom is -0.405 e. The highest BCUT2D eigenvalue weighted by Crippen LogP contribution is 2.45. The summed E-state index contributed by atoms with van der Waals surface area (Å²) in [6.07, 6.45) is 0. The summed E-state index contributed by atoms with van der Waals surface area (Å²) in [7, 11) is -11.0. The molecule has 3 heterocycles. The van der Waals surface area contributed by atoms with Gasteiger partial charge in [-0.25, -0.2) is 0 Å². The second-order valence-electron chi connectivity index (χ2n) is 26.0. The lowest BCUT2D eigenvalue weighted by molar-refractivity contribution is 0.00578. The molecule has 0 unspecified atom stereocenters. The fourth-order valence-electron chi connectivity index (χ4n) is 9.10. The summed E-state index contributed by atoms with van der Waals surface area (Å²) < 4.78 is 87.0. The Morgan fingerprint density at radius 1 is 0.312 bits per heavy atom. The Bertz CT molecular complexity index is 3230. The van der Waals surface area contributed by atoms with Crippen LogP contribution in [0.5, 0.6) is 0 Å². The molecule has 3 aliphatic rings. The van der Waals surface area contributed by atoms with Gasteiger partial charge in [-0.15, -0.1) is 0 Å². The van der Waals surface area contributed by atoms with Gasteiger partial charge in [0.2, 0.25) is 0 Å². The molecule has 0 bridgehead atoms. The predicted octanol–water partition coefficient (Wildman–Crippen LogP) is 14.2. The summed E-state index contributed by atoms with van der Waals surface area (Å²) in [6.45, 7) is 38.6. The fraction of sp³-hybridized carbons (Fsp3) is 0.419. The van der Waals surface area contributed by atoms with Crippen molar-refractivity contribution in [2.75, 3.05) is 53.3 Å². The first-order valence-electron chi connectivity index (χ1n) is 27.2. The van der Waals surface area contributed by atoms with Crippen molar-refractivity contribution in [3.05, 3.63) is 138 Å². The lowest BCUT2D eigenvalue weighted by atomic mass is 9.49. The highest BCUT2D eigenvalue weighted by molar-refractivity contribution is 7.71. The van der Waals surface area contributed by atoms with Gasteiger partial charge in [0, 0.05) is 26.2 Å². The van der Waals surface area contributed by atoms with Crippen LogP contribution >= 0.6 is 40.2 Å². The molecule has 3 aliphatic heterocycles. The molecule has 10 nitrogen and oxygen atoms in total. The molecule has 0 amide bonds. The van der Waals surface area contributed by atoms with Crippen LogP contribution in [0, 0.1) is 0 Å². The molecular weight excluding hydrogens is 1100 g/mol. The third-order valence-corrected chi connectivity index (χ3v) is 22.7. The van der Waals surface area contributed by atoms with Gasteiger partial charge >= 0.3 is 21.1 Å². The summed E-state index contributed by atoms with van der Waals surface area (Å²) >= 11 is 6.40. The Morgan fingerprint density at radius 2 is 0.537 bits per heavy atom. The van der Waals surface area contributed by atoms with Crippen LogP contribution in [0.15, 0.2) is 133 Å². The first-order valence-corrected chi connectivity index (χ1v) is 37.9. The zero-order valence-electron chi connectivity index (χ0n) is 50.7. The fourth-order valence-corrected chi connectivity index (χ4v) is 12.9. The molecule has 426 valence electrons. The molecule has 18 heteroatoms. The molecule has 0 N–H and O–H groups in total. The largest absolute Gasteiger partial charge is 0.494 e. The molecule has 0 aliphatic carbocycles. The van der Waals surface area contributed by atoms with Crippen LogP contribution < -0.4 is 26.7 Å². The average Bonchev–Trinajstić information content (AvgIpc) is 3.86. The van der Waals surface area contributed by atoms with Crippen LogP contribution in [0.2, 0.25) is 5.02 Å². The number of hydrogen-bond donors (Lipinski definition) is 0. The lowest BCUT2D eigenvalue weighted by Crippen LogP contribution is -2.41. The number of halogens is 1. The third-order valence-electron chi connectivity index (χ3n) is 16.3. The Morgan fingerprint density at radius 3 is 0.775 bits per heavy atom. The number of benzene rings is 6. The summed E-state index contributed by atoms with van der Waals surface area (Å²) in [6, 6.07) is 43.6. The van der Waals surface area contributed by atoms with E-state index in [1.165, 1.54) is 0 Å². The van der Waals surface area contributed by atoms with Gasteiger partial charge in [0.1, 0.15) is 28.6 Å². The van der Waals surface area contributed by atoms with Crippen molar-refractivity contribution >= 4 is 88.0 Å². The van der Waals surface area contributed by atoms with Gasteiger partial charge < -0.3 is 46.2 Å². The van der Waals surface area contributed by atoms with E-state index in [0.29, 0.717) is 5.02 Å². The highest BCUT2D eigenvalue weighted by Gasteiger charge is 2.64. The van der Waals surface area contributed by atoms with E-state index in [9.17, 15) is 18.3 Å². The van der Waals surface area contributed by atoms with Crippen LogP contribution in [0.4, 0.5) is 0 Å². The maximum absolute atomic E-state index is 12.8. The first kappa shape index (κ1) is 64.1. The molecule has 0 atom stereocenters. The maximum atomic E-state index is 12.8. The Labute approximate surface area is 484 Å². The number of rotatable bonds is 10.